The Morgan fingerprint density at radius 2 is 1.94 bits per heavy atom. The molecule has 0 aromatic rings. The van der Waals surface area contributed by atoms with Gasteiger partial charge in [0.2, 0.25) is 5.91 Å². The minimum absolute atomic E-state index is 0.0597. The zero-order valence-corrected chi connectivity index (χ0v) is 10.5. The highest BCUT2D eigenvalue weighted by atomic mass is 16.4. The Balaban J connectivity index is 2.15. The molecule has 1 amide bonds. The Labute approximate surface area is 102 Å². The lowest BCUT2D eigenvalue weighted by atomic mass is 10.0. The average Bonchev–Trinajstić information content (AvgIpc) is 2.97. The summed E-state index contributed by atoms with van der Waals surface area (Å²) in [5.74, 6) is -1.15. The van der Waals surface area contributed by atoms with Crippen molar-refractivity contribution < 1.29 is 14.7 Å². The highest BCUT2D eigenvalue weighted by Gasteiger charge is 2.46. The van der Waals surface area contributed by atoms with Crippen LogP contribution in [0.25, 0.3) is 0 Å². The van der Waals surface area contributed by atoms with Crippen molar-refractivity contribution in [2.75, 3.05) is 0 Å². The number of carbonyl (C=O) groups is 2. The third-order valence-electron chi connectivity index (χ3n) is 3.31. The minimum Gasteiger partial charge on any atom is -0.481 e. The highest BCUT2D eigenvalue weighted by Crippen LogP contribution is 2.32. The third-order valence-corrected chi connectivity index (χ3v) is 3.31. The van der Waals surface area contributed by atoms with Crippen molar-refractivity contribution in [1.82, 2.24) is 5.32 Å². The van der Waals surface area contributed by atoms with Crippen LogP contribution in [0.3, 0.4) is 0 Å². The van der Waals surface area contributed by atoms with Gasteiger partial charge in [-0.25, -0.2) is 0 Å². The van der Waals surface area contributed by atoms with Gasteiger partial charge in [0, 0.05) is 6.04 Å². The van der Waals surface area contributed by atoms with Crippen LogP contribution in [0.2, 0.25) is 0 Å². The molecule has 0 heterocycles. The van der Waals surface area contributed by atoms with Crippen LogP contribution in [0, 0.1) is 5.92 Å². The number of hydrogen-bond acceptors (Lipinski definition) is 3. The number of aliphatic carboxylic acids is 1. The number of nitrogens with two attached hydrogens (primary N) is 1. The molecule has 5 nitrogen and oxygen atoms in total. The van der Waals surface area contributed by atoms with Crippen molar-refractivity contribution in [3.63, 3.8) is 0 Å². The molecule has 1 saturated carbocycles. The average molecular weight is 242 g/mol. The molecule has 1 aliphatic rings. The quantitative estimate of drug-likeness (QED) is 0.617. The molecule has 0 bridgehead atoms. The van der Waals surface area contributed by atoms with E-state index in [1.54, 1.807) is 6.92 Å². The standard InChI is InChI=1S/C12H22N2O3/c1-8(10(15)16)4-3-5-9(2)14-11(17)12(13)6-7-12/h8-9H,3-7,13H2,1-2H3,(H,14,17)(H,15,16). The van der Waals surface area contributed by atoms with E-state index in [0.29, 0.717) is 6.42 Å². The molecule has 1 aliphatic carbocycles. The lowest BCUT2D eigenvalue weighted by Gasteiger charge is -2.17. The van der Waals surface area contributed by atoms with Crippen LogP contribution in [0.4, 0.5) is 0 Å². The minimum atomic E-state index is -0.763. The number of carbonyl (C=O) groups excluding carboxylic acids is 1. The van der Waals surface area contributed by atoms with E-state index in [0.717, 1.165) is 25.7 Å². The van der Waals surface area contributed by atoms with Crippen LogP contribution in [-0.4, -0.2) is 28.6 Å². The first-order chi connectivity index (χ1) is 7.85. The summed E-state index contributed by atoms with van der Waals surface area (Å²) >= 11 is 0. The van der Waals surface area contributed by atoms with Crippen LogP contribution in [0.5, 0.6) is 0 Å². The summed E-state index contributed by atoms with van der Waals surface area (Å²) in [4.78, 5) is 22.2. The Kier molecular flexibility index (Phi) is 4.51. The number of rotatable bonds is 7. The van der Waals surface area contributed by atoms with Gasteiger partial charge < -0.3 is 16.2 Å². The maximum atomic E-state index is 11.6. The van der Waals surface area contributed by atoms with Crippen LogP contribution in [-0.2, 0) is 9.59 Å². The molecule has 1 fully saturated rings. The molecule has 0 aliphatic heterocycles. The van der Waals surface area contributed by atoms with E-state index in [-0.39, 0.29) is 17.9 Å². The normalized spacial score (nSPS) is 20.4. The molecule has 2 atom stereocenters. The van der Waals surface area contributed by atoms with Gasteiger partial charge in [0.1, 0.15) is 0 Å². The summed E-state index contributed by atoms with van der Waals surface area (Å²) < 4.78 is 0. The fraction of sp³-hybridized carbons (Fsp3) is 0.833. The van der Waals surface area contributed by atoms with Gasteiger partial charge in [-0.1, -0.05) is 13.3 Å². The lowest BCUT2D eigenvalue weighted by molar-refractivity contribution is -0.141. The Bertz CT molecular complexity index is 300. The zero-order valence-electron chi connectivity index (χ0n) is 10.5. The molecular formula is C12H22N2O3. The van der Waals surface area contributed by atoms with Gasteiger partial charge in [0.25, 0.3) is 0 Å². The molecule has 0 aromatic carbocycles. The molecule has 17 heavy (non-hydrogen) atoms. The third kappa shape index (κ3) is 4.34. The summed E-state index contributed by atoms with van der Waals surface area (Å²) in [6, 6.07) is 0.0597. The lowest BCUT2D eigenvalue weighted by Crippen LogP contribution is -2.46. The SMILES string of the molecule is CC(CCCC(C)C(=O)O)NC(=O)C1(N)CC1. The van der Waals surface area contributed by atoms with E-state index < -0.39 is 11.5 Å². The Hall–Kier alpha value is -1.10. The number of carboxylic acid groups (broad SMARTS) is 1. The summed E-state index contributed by atoms with van der Waals surface area (Å²) in [7, 11) is 0. The molecule has 0 aromatic heterocycles. The Morgan fingerprint density at radius 1 is 1.35 bits per heavy atom. The number of hydrogen-bond donors (Lipinski definition) is 3. The molecule has 98 valence electrons. The van der Waals surface area contributed by atoms with E-state index >= 15 is 0 Å². The first-order valence-corrected chi connectivity index (χ1v) is 6.18. The van der Waals surface area contributed by atoms with Crippen molar-refractivity contribution >= 4 is 11.9 Å². The number of amides is 1. The van der Waals surface area contributed by atoms with E-state index in [9.17, 15) is 9.59 Å². The summed E-state index contributed by atoms with van der Waals surface area (Å²) in [6.45, 7) is 3.62. The maximum Gasteiger partial charge on any atom is 0.306 e. The van der Waals surface area contributed by atoms with E-state index in [1.807, 2.05) is 6.92 Å². The summed E-state index contributed by atoms with van der Waals surface area (Å²) in [5.41, 5.74) is 5.14. The van der Waals surface area contributed by atoms with E-state index in [2.05, 4.69) is 5.32 Å². The fourth-order valence-electron chi connectivity index (χ4n) is 1.66. The molecule has 5 heteroatoms. The monoisotopic (exact) mass is 242 g/mol. The van der Waals surface area contributed by atoms with Crippen molar-refractivity contribution in [2.24, 2.45) is 11.7 Å². The van der Waals surface area contributed by atoms with Crippen molar-refractivity contribution in [3.05, 3.63) is 0 Å². The number of carboxylic acids is 1. The zero-order chi connectivity index (χ0) is 13.1. The predicted molar refractivity (Wildman–Crippen MR) is 64.4 cm³/mol. The largest absolute Gasteiger partial charge is 0.481 e. The van der Waals surface area contributed by atoms with E-state index in [1.165, 1.54) is 0 Å². The molecule has 0 saturated heterocycles. The van der Waals surface area contributed by atoms with Crippen molar-refractivity contribution in [3.8, 4) is 0 Å². The van der Waals surface area contributed by atoms with Crippen molar-refractivity contribution in [1.29, 1.82) is 0 Å². The second kappa shape index (κ2) is 5.49. The van der Waals surface area contributed by atoms with Gasteiger partial charge in [0.15, 0.2) is 0 Å². The second-order valence-corrected chi connectivity index (χ2v) is 5.20. The van der Waals surface area contributed by atoms with Crippen LogP contribution >= 0.6 is 0 Å². The molecule has 1 rings (SSSR count). The second-order valence-electron chi connectivity index (χ2n) is 5.20. The van der Waals surface area contributed by atoms with Gasteiger partial charge in [-0.3, -0.25) is 9.59 Å². The predicted octanol–water partition coefficient (Wildman–Crippen LogP) is 0.873. The van der Waals surface area contributed by atoms with Gasteiger partial charge in [0.05, 0.1) is 11.5 Å². The van der Waals surface area contributed by atoms with Crippen LogP contribution in [0.1, 0.15) is 46.0 Å². The highest BCUT2D eigenvalue weighted by molar-refractivity contribution is 5.89. The molecule has 0 spiro atoms. The topological polar surface area (TPSA) is 92.4 Å². The van der Waals surface area contributed by atoms with Crippen molar-refractivity contribution in [2.45, 2.75) is 57.5 Å². The van der Waals surface area contributed by atoms with E-state index in [4.69, 9.17) is 10.8 Å². The first kappa shape index (κ1) is 14.0. The maximum absolute atomic E-state index is 11.6. The van der Waals surface area contributed by atoms with Gasteiger partial charge in [-0.05, 0) is 32.6 Å². The van der Waals surface area contributed by atoms with Crippen LogP contribution in [0.15, 0.2) is 0 Å². The molecule has 0 radical (unpaired) electrons. The fourth-order valence-corrected chi connectivity index (χ4v) is 1.66. The molecule has 4 N–H and O–H groups in total. The van der Waals surface area contributed by atoms with Gasteiger partial charge in [-0.2, -0.15) is 0 Å². The number of nitrogens with one attached hydrogen (secondary N) is 1. The molecule has 2 unspecified atom stereocenters. The summed E-state index contributed by atoms with van der Waals surface area (Å²) in [6.07, 6.45) is 3.76. The Morgan fingerprint density at radius 3 is 2.41 bits per heavy atom. The summed E-state index contributed by atoms with van der Waals surface area (Å²) in [5, 5.41) is 11.6. The molecular weight excluding hydrogens is 220 g/mol. The van der Waals surface area contributed by atoms with Gasteiger partial charge >= 0.3 is 5.97 Å². The smallest absolute Gasteiger partial charge is 0.306 e. The van der Waals surface area contributed by atoms with Gasteiger partial charge in [-0.15, -0.1) is 0 Å². The first-order valence-electron chi connectivity index (χ1n) is 6.18. The van der Waals surface area contributed by atoms with Crippen LogP contribution < -0.4 is 11.1 Å².